The zero-order chi connectivity index (χ0) is 12.4. The Kier molecular flexibility index (Phi) is 3.05. The third-order valence-electron chi connectivity index (χ3n) is 1.90. The van der Waals surface area contributed by atoms with Gasteiger partial charge in [-0.15, -0.1) is 0 Å². The molecular weight excluding hydrogens is 292 g/mol. The monoisotopic (exact) mass is 298 g/mol. The second kappa shape index (κ2) is 4.50. The van der Waals surface area contributed by atoms with Gasteiger partial charge in [-0.25, -0.2) is 4.98 Å². The summed E-state index contributed by atoms with van der Waals surface area (Å²) >= 11 is 3.16. The summed E-state index contributed by atoms with van der Waals surface area (Å²) in [5, 5.41) is 14.4. The van der Waals surface area contributed by atoms with Crippen molar-refractivity contribution in [3.8, 4) is 11.6 Å². The molecule has 2 aromatic heterocycles. The summed E-state index contributed by atoms with van der Waals surface area (Å²) < 4.78 is 7.39. The fraction of sp³-hybridized carbons (Fsp3) is 0.111. The topological polar surface area (TPSA) is 83.1 Å². The third kappa shape index (κ3) is 2.59. The highest BCUT2D eigenvalue weighted by molar-refractivity contribution is 9.10. The van der Waals surface area contributed by atoms with Crippen molar-refractivity contribution in [1.82, 2.24) is 14.8 Å². The van der Waals surface area contributed by atoms with E-state index < -0.39 is 4.92 Å². The largest absolute Gasteiger partial charge is 0.435 e. The summed E-state index contributed by atoms with van der Waals surface area (Å²) in [7, 11) is 1.76. The molecule has 0 fully saturated rings. The minimum Gasteiger partial charge on any atom is -0.435 e. The molecule has 0 aliphatic rings. The maximum absolute atomic E-state index is 10.5. The standard InChI is InChI=1S/C9H7BrN4O3/c1-13-5-7(4-12-13)17-9-8(10)2-6(3-11-9)14(15)16/h2-5H,1H3. The van der Waals surface area contributed by atoms with E-state index in [1.165, 1.54) is 12.3 Å². The SMILES string of the molecule is Cn1cc(Oc2ncc([N+](=O)[O-])cc2Br)cn1. The number of rotatable bonds is 3. The predicted octanol–water partition coefficient (Wildman–Crippen LogP) is 2.28. The van der Waals surface area contributed by atoms with Crippen LogP contribution in [0.3, 0.4) is 0 Å². The number of aromatic nitrogens is 3. The van der Waals surface area contributed by atoms with Gasteiger partial charge in [-0.05, 0) is 15.9 Å². The van der Waals surface area contributed by atoms with Crippen LogP contribution < -0.4 is 4.74 Å². The van der Waals surface area contributed by atoms with E-state index >= 15 is 0 Å². The molecule has 88 valence electrons. The van der Waals surface area contributed by atoms with Crippen molar-refractivity contribution in [1.29, 1.82) is 0 Å². The average Bonchev–Trinajstić information content (AvgIpc) is 2.67. The molecule has 0 amide bonds. The van der Waals surface area contributed by atoms with E-state index in [0.29, 0.717) is 10.2 Å². The third-order valence-corrected chi connectivity index (χ3v) is 2.47. The Labute approximate surface area is 104 Å². The van der Waals surface area contributed by atoms with Crippen molar-refractivity contribution < 1.29 is 9.66 Å². The molecule has 2 rings (SSSR count). The van der Waals surface area contributed by atoms with Gasteiger partial charge in [0.15, 0.2) is 5.75 Å². The number of pyridine rings is 1. The predicted molar refractivity (Wildman–Crippen MR) is 61.9 cm³/mol. The minimum absolute atomic E-state index is 0.101. The number of nitro groups is 1. The fourth-order valence-corrected chi connectivity index (χ4v) is 1.57. The van der Waals surface area contributed by atoms with Gasteiger partial charge in [0.25, 0.3) is 5.69 Å². The second-order valence-corrected chi connectivity index (χ2v) is 4.04. The molecule has 8 heteroatoms. The first-order chi connectivity index (χ1) is 8.06. The maximum Gasteiger partial charge on any atom is 0.288 e. The molecule has 0 saturated heterocycles. The Morgan fingerprint density at radius 1 is 1.53 bits per heavy atom. The number of nitrogens with zero attached hydrogens (tertiary/aromatic N) is 4. The van der Waals surface area contributed by atoms with Crippen molar-refractivity contribution in [3.63, 3.8) is 0 Å². The number of ether oxygens (including phenoxy) is 1. The van der Waals surface area contributed by atoms with Crippen molar-refractivity contribution >= 4 is 21.6 Å². The van der Waals surface area contributed by atoms with Gasteiger partial charge < -0.3 is 4.74 Å². The van der Waals surface area contributed by atoms with Crippen LogP contribution >= 0.6 is 15.9 Å². The highest BCUT2D eigenvalue weighted by Crippen LogP contribution is 2.29. The molecule has 0 bridgehead atoms. The molecule has 0 saturated carbocycles. The number of aryl methyl sites for hydroxylation is 1. The van der Waals surface area contributed by atoms with Crippen LogP contribution in [-0.4, -0.2) is 19.7 Å². The van der Waals surface area contributed by atoms with Gasteiger partial charge in [-0.3, -0.25) is 14.8 Å². The highest BCUT2D eigenvalue weighted by Gasteiger charge is 2.12. The molecule has 7 nitrogen and oxygen atoms in total. The van der Waals surface area contributed by atoms with E-state index in [0.717, 1.165) is 6.20 Å². The zero-order valence-corrected chi connectivity index (χ0v) is 10.3. The van der Waals surface area contributed by atoms with Gasteiger partial charge in [0.05, 0.1) is 21.8 Å². The van der Waals surface area contributed by atoms with Crippen molar-refractivity contribution in [3.05, 3.63) is 39.2 Å². The molecule has 0 aliphatic carbocycles. The summed E-state index contributed by atoms with van der Waals surface area (Å²) in [4.78, 5) is 13.9. The van der Waals surface area contributed by atoms with Crippen LogP contribution in [0.1, 0.15) is 0 Å². The van der Waals surface area contributed by atoms with Gasteiger partial charge >= 0.3 is 0 Å². The van der Waals surface area contributed by atoms with Gasteiger partial charge in [-0.1, -0.05) is 0 Å². The van der Waals surface area contributed by atoms with Gasteiger partial charge in [-0.2, -0.15) is 5.10 Å². The van der Waals surface area contributed by atoms with Gasteiger partial charge in [0, 0.05) is 13.1 Å². The van der Waals surface area contributed by atoms with Crippen LogP contribution in [0.25, 0.3) is 0 Å². The number of hydrogen-bond donors (Lipinski definition) is 0. The Hall–Kier alpha value is -1.96. The first-order valence-corrected chi connectivity index (χ1v) is 5.32. The summed E-state index contributed by atoms with van der Waals surface area (Å²) in [6, 6.07) is 1.33. The van der Waals surface area contributed by atoms with Gasteiger partial charge in [0.2, 0.25) is 5.88 Å². The normalized spacial score (nSPS) is 10.2. The quantitative estimate of drug-likeness (QED) is 0.641. The van der Waals surface area contributed by atoms with E-state index in [1.807, 2.05) is 0 Å². The molecule has 0 atom stereocenters. The lowest BCUT2D eigenvalue weighted by Gasteiger charge is -2.03. The van der Waals surface area contributed by atoms with E-state index in [-0.39, 0.29) is 11.6 Å². The summed E-state index contributed by atoms with van der Waals surface area (Å²) in [5.74, 6) is 0.762. The van der Waals surface area contributed by atoms with Crippen LogP contribution in [-0.2, 0) is 7.05 Å². The number of halogens is 1. The molecule has 17 heavy (non-hydrogen) atoms. The molecule has 0 radical (unpaired) electrons. The van der Waals surface area contributed by atoms with Crippen molar-refractivity contribution in [2.45, 2.75) is 0 Å². The molecular formula is C9H7BrN4O3. The summed E-state index contributed by atoms with van der Waals surface area (Å²) in [6.07, 6.45) is 4.32. The van der Waals surface area contributed by atoms with Crippen molar-refractivity contribution in [2.24, 2.45) is 7.05 Å². The lowest BCUT2D eigenvalue weighted by molar-refractivity contribution is -0.385. The first kappa shape index (κ1) is 11.5. The van der Waals surface area contributed by atoms with Crippen molar-refractivity contribution in [2.75, 3.05) is 0 Å². The number of hydrogen-bond acceptors (Lipinski definition) is 5. The average molecular weight is 299 g/mol. The molecule has 2 aromatic rings. The molecule has 0 aromatic carbocycles. The lowest BCUT2D eigenvalue weighted by Crippen LogP contribution is -1.92. The van der Waals surface area contributed by atoms with Crippen LogP contribution in [0.5, 0.6) is 11.6 Å². The van der Waals surface area contributed by atoms with Crippen LogP contribution in [0, 0.1) is 10.1 Å². The van der Waals surface area contributed by atoms with E-state index in [9.17, 15) is 10.1 Å². The van der Waals surface area contributed by atoms with Gasteiger partial charge in [0.1, 0.15) is 6.20 Å². The van der Waals surface area contributed by atoms with Crippen LogP contribution in [0.2, 0.25) is 0 Å². The second-order valence-electron chi connectivity index (χ2n) is 3.19. The molecule has 0 N–H and O–H groups in total. The zero-order valence-electron chi connectivity index (χ0n) is 8.70. The Morgan fingerprint density at radius 2 is 2.29 bits per heavy atom. The Bertz CT molecular complexity index is 569. The molecule has 0 unspecified atom stereocenters. The van der Waals surface area contributed by atoms with E-state index in [4.69, 9.17) is 4.74 Å². The van der Waals surface area contributed by atoms with E-state index in [2.05, 4.69) is 26.0 Å². The maximum atomic E-state index is 10.5. The fourth-order valence-electron chi connectivity index (χ4n) is 1.15. The smallest absolute Gasteiger partial charge is 0.288 e. The van der Waals surface area contributed by atoms with Crippen LogP contribution in [0.15, 0.2) is 29.1 Å². The molecule has 2 heterocycles. The lowest BCUT2D eigenvalue weighted by atomic mass is 10.4. The first-order valence-electron chi connectivity index (χ1n) is 4.52. The molecule has 0 spiro atoms. The Morgan fingerprint density at radius 3 is 2.82 bits per heavy atom. The summed E-state index contributed by atoms with van der Waals surface area (Å²) in [5.41, 5.74) is -0.101. The molecule has 0 aliphatic heterocycles. The van der Waals surface area contributed by atoms with E-state index in [1.54, 1.807) is 17.9 Å². The minimum atomic E-state index is -0.522. The van der Waals surface area contributed by atoms with Crippen LogP contribution in [0.4, 0.5) is 5.69 Å². The highest BCUT2D eigenvalue weighted by atomic mass is 79.9. The summed E-state index contributed by atoms with van der Waals surface area (Å²) in [6.45, 7) is 0. The Balaban J connectivity index is 2.25.